The third-order valence-corrected chi connectivity index (χ3v) is 6.69. The number of aromatic nitrogens is 1. The predicted octanol–water partition coefficient (Wildman–Crippen LogP) is 5.17. The molecular weight excluding hydrogens is 474 g/mol. The quantitative estimate of drug-likeness (QED) is 0.269. The number of methoxy groups -OCH3 is 2. The molecule has 6 rings (SSSR count). The van der Waals surface area contributed by atoms with E-state index < -0.39 is 17.3 Å². The second-order valence-corrected chi connectivity index (χ2v) is 8.75. The summed E-state index contributed by atoms with van der Waals surface area (Å²) in [7, 11) is 3.03. The highest BCUT2D eigenvalue weighted by atomic mass is 16.5. The fourth-order valence-electron chi connectivity index (χ4n) is 4.93. The topological polar surface area (TPSA) is 108 Å². The van der Waals surface area contributed by atoms with E-state index in [2.05, 4.69) is 4.98 Å². The molecule has 1 atom stereocenters. The van der Waals surface area contributed by atoms with Crippen molar-refractivity contribution in [2.75, 3.05) is 14.2 Å². The number of phenols is 1. The van der Waals surface area contributed by atoms with Gasteiger partial charge in [-0.1, -0.05) is 18.2 Å². The Morgan fingerprint density at radius 1 is 1.00 bits per heavy atom. The highest BCUT2D eigenvalue weighted by Gasteiger charge is 2.34. The van der Waals surface area contributed by atoms with Crippen LogP contribution in [0.15, 0.2) is 76.3 Å². The molecule has 3 aromatic carbocycles. The maximum atomic E-state index is 13.7. The van der Waals surface area contributed by atoms with Gasteiger partial charge in [0.1, 0.15) is 28.7 Å². The lowest BCUT2D eigenvalue weighted by molar-refractivity contribution is -0.135. The summed E-state index contributed by atoms with van der Waals surface area (Å²) in [5.41, 5.74) is 2.73. The van der Waals surface area contributed by atoms with Crippen molar-refractivity contribution in [2.45, 2.75) is 12.3 Å². The van der Waals surface area contributed by atoms with E-state index in [-0.39, 0.29) is 34.5 Å². The van der Waals surface area contributed by atoms with Gasteiger partial charge in [0.05, 0.1) is 31.7 Å². The molecule has 8 nitrogen and oxygen atoms in total. The van der Waals surface area contributed by atoms with Gasteiger partial charge in [0.25, 0.3) is 0 Å². The van der Waals surface area contributed by atoms with Gasteiger partial charge in [0, 0.05) is 29.1 Å². The lowest BCUT2D eigenvalue weighted by atomic mass is 9.84. The molecule has 5 aromatic rings. The number of benzene rings is 3. The number of phenolic OH excluding ortho intramolecular Hbond substituents is 1. The van der Waals surface area contributed by atoms with Gasteiger partial charge < -0.3 is 23.7 Å². The second kappa shape index (κ2) is 8.67. The first-order valence-electron chi connectivity index (χ1n) is 11.6. The first-order valence-corrected chi connectivity index (χ1v) is 11.6. The third-order valence-electron chi connectivity index (χ3n) is 6.69. The van der Waals surface area contributed by atoms with Gasteiger partial charge in [-0.15, -0.1) is 0 Å². The average Bonchev–Trinajstić information content (AvgIpc) is 2.91. The maximum Gasteiger partial charge on any atom is 0.312 e. The fraction of sp³-hybridized carbons (Fsp3) is 0.138. The van der Waals surface area contributed by atoms with Crippen LogP contribution in [0.3, 0.4) is 0 Å². The van der Waals surface area contributed by atoms with Crippen molar-refractivity contribution in [3.8, 4) is 34.1 Å². The van der Waals surface area contributed by atoms with E-state index >= 15 is 0 Å². The Hall–Kier alpha value is -4.85. The van der Waals surface area contributed by atoms with Crippen LogP contribution in [-0.2, 0) is 4.79 Å². The van der Waals surface area contributed by atoms with E-state index in [0.29, 0.717) is 22.6 Å². The van der Waals surface area contributed by atoms with Crippen LogP contribution in [0.2, 0.25) is 0 Å². The van der Waals surface area contributed by atoms with Gasteiger partial charge in [-0.3, -0.25) is 14.6 Å². The van der Waals surface area contributed by atoms with E-state index in [1.54, 1.807) is 24.4 Å². The molecule has 2 aromatic heterocycles. The Balaban J connectivity index is 1.57. The number of aromatic hydroxyl groups is 1. The zero-order chi connectivity index (χ0) is 25.7. The Bertz CT molecular complexity index is 1770. The van der Waals surface area contributed by atoms with Gasteiger partial charge in [0.15, 0.2) is 11.5 Å². The van der Waals surface area contributed by atoms with Crippen molar-refractivity contribution in [1.82, 2.24) is 4.98 Å². The zero-order valence-corrected chi connectivity index (χ0v) is 20.0. The lowest BCUT2D eigenvalue weighted by Crippen LogP contribution is -2.22. The van der Waals surface area contributed by atoms with Gasteiger partial charge >= 0.3 is 5.97 Å². The van der Waals surface area contributed by atoms with Crippen LogP contribution < -0.4 is 19.6 Å². The molecule has 1 N–H and O–H groups in total. The molecule has 0 saturated heterocycles. The number of fused-ring (bicyclic) bond motifs is 4. The Labute approximate surface area is 210 Å². The SMILES string of the molecule is COc1ccc(-c2coc3c4c(cc(O)c3c2=O)OC(=O)C[C@@H]4c2ccc3ncccc3c2)cc1OC. The molecule has 37 heavy (non-hydrogen) atoms. The van der Waals surface area contributed by atoms with Crippen molar-refractivity contribution in [3.63, 3.8) is 0 Å². The Morgan fingerprint density at radius 3 is 2.65 bits per heavy atom. The number of ether oxygens (including phenoxy) is 3. The summed E-state index contributed by atoms with van der Waals surface area (Å²) in [4.78, 5) is 30.5. The van der Waals surface area contributed by atoms with Crippen molar-refractivity contribution < 1.29 is 28.5 Å². The van der Waals surface area contributed by atoms with Crippen LogP contribution in [0.5, 0.6) is 23.0 Å². The molecule has 0 unspecified atom stereocenters. The molecule has 0 radical (unpaired) electrons. The van der Waals surface area contributed by atoms with Crippen molar-refractivity contribution >= 4 is 27.8 Å². The Kier molecular flexibility index (Phi) is 5.30. The summed E-state index contributed by atoms with van der Waals surface area (Å²) < 4.78 is 22.1. The number of hydrogen-bond donors (Lipinski definition) is 1. The summed E-state index contributed by atoms with van der Waals surface area (Å²) in [5.74, 6) is -0.0816. The van der Waals surface area contributed by atoms with Gasteiger partial charge in [-0.05, 0) is 41.5 Å². The van der Waals surface area contributed by atoms with Gasteiger partial charge in [-0.25, -0.2) is 0 Å². The lowest BCUT2D eigenvalue weighted by Gasteiger charge is -2.26. The van der Waals surface area contributed by atoms with Crippen molar-refractivity contribution in [1.29, 1.82) is 0 Å². The largest absolute Gasteiger partial charge is 0.507 e. The Morgan fingerprint density at radius 2 is 1.84 bits per heavy atom. The summed E-state index contributed by atoms with van der Waals surface area (Å²) in [6, 6.07) is 15.9. The number of rotatable bonds is 4. The van der Waals surface area contributed by atoms with Gasteiger partial charge in [0.2, 0.25) is 5.43 Å². The van der Waals surface area contributed by atoms with Crippen LogP contribution in [0.1, 0.15) is 23.5 Å². The monoisotopic (exact) mass is 495 g/mol. The number of carbonyl (C=O) groups excluding carboxylic acids is 1. The number of hydrogen-bond acceptors (Lipinski definition) is 8. The molecule has 0 spiro atoms. The minimum Gasteiger partial charge on any atom is -0.507 e. The number of esters is 1. The molecule has 1 aliphatic heterocycles. The highest BCUT2D eigenvalue weighted by molar-refractivity contribution is 5.94. The second-order valence-electron chi connectivity index (χ2n) is 8.75. The molecule has 0 amide bonds. The molecule has 0 fully saturated rings. The highest BCUT2D eigenvalue weighted by Crippen LogP contribution is 2.46. The number of pyridine rings is 1. The van der Waals surface area contributed by atoms with Crippen molar-refractivity contribution in [2.24, 2.45) is 0 Å². The van der Waals surface area contributed by atoms with Gasteiger partial charge in [-0.2, -0.15) is 0 Å². The first-order chi connectivity index (χ1) is 18.0. The molecule has 3 heterocycles. The third kappa shape index (κ3) is 3.65. The fourth-order valence-corrected chi connectivity index (χ4v) is 4.93. The van der Waals surface area contributed by atoms with E-state index in [0.717, 1.165) is 16.5 Å². The predicted molar refractivity (Wildman–Crippen MR) is 137 cm³/mol. The van der Waals surface area contributed by atoms with E-state index in [9.17, 15) is 14.7 Å². The molecule has 0 saturated carbocycles. The molecule has 8 heteroatoms. The smallest absolute Gasteiger partial charge is 0.312 e. The summed E-state index contributed by atoms with van der Waals surface area (Å²) in [5, 5.41) is 11.8. The van der Waals surface area contributed by atoms with Crippen LogP contribution in [0.4, 0.5) is 0 Å². The standard InChI is InChI=1S/C29H21NO7/c1-34-22-8-6-16(11-23(22)35-2)19-14-36-29-26-18(15-5-7-20-17(10-15)4-3-9-30-20)12-25(32)37-24(26)13-21(31)27(29)28(19)33/h3-11,13-14,18,31H,12H2,1-2H3/t18-/m1/s1. The number of nitrogens with zero attached hydrogens (tertiary/aromatic N) is 1. The molecular formula is C29H21NO7. The van der Waals surface area contributed by atoms with Crippen molar-refractivity contribution in [3.05, 3.63) is 88.4 Å². The molecule has 184 valence electrons. The van der Waals surface area contributed by atoms with Crippen LogP contribution >= 0.6 is 0 Å². The number of carbonyl (C=O) groups is 1. The first kappa shape index (κ1) is 22.6. The maximum absolute atomic E-state index is 13.7. The molecule has 0 bridgehead atoms. The van der Waals surface area contributed by atoms with Crippen LogP contribution in [0.25, 0.3) is 33.0 Å². The minimum atomic E-state index is -0.445. The van der Waals surface area contributed by atoms with E-state index in [1.165, 1.54) is 26.5 Å². The minimum absolute atomic E-state index is 0.0106. The average molecular weight is 495 g/mol. The zero-order valence-electron chi connectivity index (χ0n) is 20.0. The molecule has 0 aliphatic carbocycles. The normalized spacial score (nSPS) is 14.9. The summed E-state index contributed by atoms with van der Waals surface area (Å²) >= 11 is 0. The van der Waals surface area contributed by atoms with Crippen LogP contribution in [-0.4, -0.2) is 30.3 Å². The van der Waals surface area contributed by atoms with E-state index in [4.69, 9.17) is 18.6 Å². The summed E-state index contributed by atoms with van der Waals surface area (Å²) in [6.45, 7) is 0. The van der Waals surface area contributed by atoms with Crippen LogP contribution in [0, 0.1) is 0 Å². The summed E-state index contributed by atoms with van der Waals surface area (Å²) in [6.07, 6.45) is 3.12. The van der Waals surface area contributed by atoms with E-state index in [1.807, 2.05) is 30.3 Å². The molecule has 1 aliphatic rings.